The van der Waals surface area contributed by atoms with Gasteiger partial charge in [0.1, 0.15) is 5.76 Å². The summed E-state index contributed by atoms with van der Waals surface area (Å²) < 4.78 is 6.31. The van der Waals surface area contributed by atoms with Gasteiger partial charge in [0, 0.05) is 16.1 Å². The number of carbonyl (C=O) groups excluding carboxylic acids is 1. The monoisotopic (exact) mass is 333 g/mol. The van der Waals surface area contributed by atoms with Crippen molar-refractivity contribution in [3.63, 3.8) is 0 Å². The number of halogens is 1. The fraction of sp³-hybridized carbons (Fsp3) is 0.312. The van der Waals surface area contributed by atoms with Crippen LogP contribution in [0.4, 0.5) is 0 Å². The van der Waals surface area contributed by atoms with E-state index >= 15 is 0 Å². The average molecular weight is 334 g/mol. The largest absolute Gasteiger partial charge is 0.467 e. The molecule has 1 aromatic heterocycles. The first-order valence-electron chi connectivity index (χ1n) is 6.74. The molecule has 0 unspecified atom stereocenters. The lowest BCUT2D eigenvalue weighted by atomic mass is 10.1. The van der Waals surface area contributed by atoms with Gasteiger partial charge in [-0.3, -0.25) is 4.79 Å². The second-order valence-electron chi connectivity index (χ2n) is 5.20. The minimum Gasteiger partial charge on any atom is -0.467 e. The Balaban J connectivity index is 1.87. The molecule has 1 amide bonds. The highest BCUT2D eigenvalue weighted by atomic mass is 79.9. The first kappa shape index (κ1) is 13.4. The Bertz CT molecular complexity index is 617. The maximum absolute atomic E-state index is 12.8. The Morgan fingerprint density at radius 3 is 2.85 bits per heavy atom. The summed E-state index contributed by atoms with van der Waals surface area (Å²) in [6.45, 7) is 2.51. The van der Waals surface area contributed by atoms with Gasteiger partial charge in [-0.15, -0.1) is 0 Å². The normalized spacial score (nSPS) is 14.3. The minimum atomic E-state index is 0.0858. The second kappa shape index (κ2) is 5.44. The molecule has 0 bridgehead atoms. The average Bonchev–Trinajstić information content (AvgIpc) is 3.15. The van der Waals surface area contributed by atoms with Crippen molar-refractivity contribution in [3.8, 4) is 0 Å². The maximum Gasteiger partial charge on any atom is 0.254 e. The van der Waals surface area contributed by atoms with Crippen molar-refractivity contribution < 1.29 is 9.21 Å². The minimum absolute atomic E-state index is 0.0858. The van der Waals surface area contributed by atoms with Crippen LogP contribution in [-0.2, 0) is 6.54 Å². The lowest BCUT2D eigenvalue weighted by molar-refractivity contribution is 0.0716. The number of rotatable bonds is 4. The molecule has 1 aromatic carbocycles. The van der Waals surface area contributed by atoms with E-state index in [4.69, 9.17) is 4.42 Å². The van der Waals surface area contributed by atoms with Crippen LogP contribution >= 0.6 is 15.9 Å². The summed E-state index contributed by atoms with van der Waals surface area (Å²) in [5.74, 6) is 0.917. The topological polar surface area (TPSA) is 33.5 Å². The molecule has 1 fully saturated rings. The van der Waals surface area contributed by atoms with Crippen LogP contribution in [0, 0.1) is 6.92 Å². The molecule has 3 nitrogen and oxygen atoms in total. The molecule has 0 atom stereocenters. The van der Waals surface area contributed by atoms with Crippen molar-refractivity contribution in [1.82, 2.24) is 4.90 Å². The zero-order valence-electron chi connectivity index (χ0n) is 11.3. The van der Waals surface area contributed by atoms with E-state index in [0.717, 1.165) is 34.2 Å². The van der Waals surface area contributed by atoms with E-state index in [-0.39, 0.29) is 5.91 Å². The maximum atomic E-state index is 12.8. The third kappa shape index (κ3) is 2.80. The third-order valence-electron chi connectivity index (χ3n) is 3.58. The molecule has 1 heterocycles. The SMILES string of the molecule is Cc1ccc(Br)cc1C(=O)N(Cc1ccco1)C1CC1. The van der Waals surface area contributed by atoms with E-state index in [1.54, 1.807) is 6.26 Å². The number of carbonyl (C=O) groups is 1. The molecule has 4 heteroatoms. The standard InChI is InChI=1S/C16H16BrNO2/c1-11-4-5-12(17)9-15(11)16(19)18(13-6-7-13)10-14-3-2-8-20-14/h2-5,8-9,13H,6-7,10H2,1H3. The molecule has 0 spiro atoms. The lowest BCUT2D eigenvalue weighted by Gasteiger charge is -2.22. The summed E-state index contributed by atoms with van der Waals surface area (Å²) in [5.41, 5.74) is 1.76. The van der Waals surface area contributed by atoms with Gasteiger partial charge in [0.15, 0.2) is 0 Å². The summed E-state index contributed by atoms with van der Waals surface area (Å²) in [6, 6.07) is 9.95. The molecule has 0 saturated heterocycles. The third-order valence-corrected chi connectivity index (χ3v) is 4.08. The number of aryl methyl sites for hydroxylation is 1. The first-order valence-corrected chi connectivity index (χ1v) is 7.54. The molecule has 2 aromatic rings. The summed E-state index contributed by atoms with van der Waals surface area (Å²) in [4.78, 5) is 14.7. The van der Waals surface area contributed by atoms with E-state index in [1.807, 2.05) is 42.2 Å². The molecular weight excluding hydrogens is 318 g/mol. The van der Waals surface area contributed by atoms with E-state index in [9.17, 15) is 4.79 Å². The van der Waals surface area contributed by atoms with Crippen molar-refractivity contribution in [2.24, 2.45) is 0 Å². The molecule has 0 N–H and O–H groups in total. The van der Waals surface area contributed by atoms with Crippen molar-refractivity contribution in [2.45, 2.75) is 32.4 Å². The van der Waals surface area contributed by atoms with Crippen LogP contribution in [0.15, 0.2) is 45.5 Å². The van der Waals surface area contributed by atoms with Crippen molar-refractivity contribution >= 4 is 21.8 Å². The highest BCUT2D eigenvalue weighted by molar-refractivity contribution is 9.10. The summed E-state index contributed by atoms with van der Waals surface area (Å²) in [6.07, 6.45) is 3.81. The van der Waals surface area contributed by atoms with E-state index < -0.39 is 0 Å². The zero-order chi connectivity index (χ0) is 14.1. The van der Waals surface area contributed by atoms with Crippen molar-refractivity contribution in [1.29, 1.82) is 0 Å². The highest BCUT2D eigenvalue weighted by Crippen LogP contribution is 2.31. The Labute approximate surface area is 126 Å². The molecule has 20 heavy (non-hydrogen) atoms. The van der Waals surface area contributed by atoms with Gasteiger partial charge in [0.05, 0.1) is 12.8 Å². The predicted octanol–water partition coefficient (Wildman–Crippen LogP) is 4.16. The summed E-state index contributed by atoms with van der Waals surface area (Å²) in [5, 5.41) is 0. The lowest BCUT2D eigenvalue weighted by Crippen LogP contribution is -2.32. The number of hydrogen-bond acceptors (Lipinski definition) is 2. The molecule has 0 radical (unpaired) electrons. The van der Waals surface area contributed by atoms with Gasteiger partial charge in [0.2, 0.25) is 0 Å². The molecular formula is C16H16BrNO2. The molecule has 1 aliphatic rings. The number of benzene rings is 1. The molecule has 3 rings (SSSR count). The van der Waals surface area contributed by atoms with Gasteiger partial charge in [-0.1, -0.05) is 22.0 Å². The summed E-state index contributed by atoms with van der Waals surface area (Å²) in [7, 11) is 0. The van der Waals surface area contributed by atoms with Gasteiger partial charge in [-0.05, 0) is 49.6 Å². The molecule has 0 aliphatic heterocycles. The van der Waals surface area contributed by atoms with Crippen LogP contribution in [0.25, 0.3) is 0 Å². The van der Waals surface area contributed by atoms with Crippen LogP contribution in [0.2, 0.25) is 0 Å². The fourth-order valence-electron chi connectivity index (χ4n) is 2.30. The van der Waals surface area contributed by atoms with Crippen LogP contribution in [-0.4, -0.2) is 16.8 Å². The molecule has 104 valence electrons. The first-order chi connectivity index (χ1) is 9.65. The Kier molecular flexibility index (Phi) is 3.66. The second-order valence-corrected chi connectivity index (χ2v) is 6.12. The van der Waals surface area contributed by atoms with Crippen LogP contribution in [0.1, 0.15) is 34.5 Å². The smallest absolute Gasteiger partial charge is 0.254 e. The molecule has 1 aliphatic carbocycles. The number of amides is 1. The van der Waals surface area contributed by atoms with Crippen LogP contribution in [0.3, 0.4) is 0 Å². The molecule has 1 saturated carbocycles. The zero-order valence-corrected chi connectivity index (χ0v) is 12.9. The van der Waals surface area contributed by atoms with Gasteiger partial charge in [0.25, 0.3) is 5.91 Å². The van der Waals surface area contributed by atoms with Gasteiger partial charge in [-0.25, -0.2) is 0 Å². The Morgan fingerprint density at radius 2 is 2.20 bits per heavy atom. The summed E-state index contributed by atoms with van der Waals surface area (Å²) >= 11 is 3.44. The number of hydrogen-bond donors (Lipinski definition) is 0. The Morgan fingerprint density at radius 1 is 1.40 bits per heavy atom. The number of furan rings is 1. The van der Waals surface area contributed by atoms with Crippen molar-refractivity contribution in [2.75, 3.05) is 0 Å². The van der Waals surface area contributed by atoms with E-state index in [2.05, 4.69) is 15.9 Å². The van der Waals surface area contributed by atoms with Crippen LogP contribution < -0.4 is 0 Å². The van der Waals surface area contributed by atoms with Crippen molar-refractivity contribution in [3.05, 3.63) is 58.0 Å². The highest BCUT2D eigenvalue weighted by Gasteiger charge is 2.34. The van der Waals surface area contributed by atoms with Crippen LogP contribution in [0.5, 0.6) is 0 Å². The van der Waals surface area contributed by atoms with Gasteiger partial charge < -0.3 is 9.32 Å². The Hall–Kier alpha value is -1.55. The van der Waals surface area contributed by atoms with E-state index in [1.165, 1.54) is 0 Å². The van der Waals surface area contributed by atoms with Gasteiger partial charge >= 0.3 is 0 Å². The predicted molar refractivity (Wildman–Crippen MR) is 80.5 cm³/mol. The van der Waals surface area contributed by atoms with E-state index in [0.29, 0.717) is 12.6 Å². The fourth-order valence-corrected chi connectivity index (χ4v) is 2.66. The quantitative estimate of drug-likeness (QED) is 0.841. The number of nitrogens with zero attached hydrogens (tertiary/aromatic N) is 1. The van der Waals surface area contributed by atoms with Gasteiger partial charge in [-0.2, -0.15) is 0 Å².